The average molecular weight is 273 g/mol. The SMILES string of the molecule is COc1cc2c(N3CCCC3)nccc2c(N)c1OC. The van der Waals surface area contributed by atoms with Gasteiger partial charge in [0, 0.05) is 30.1 Å². The van der Waals surface area contributed by atoms with E-state index in [1.807, 2.05) is 12.1 Å². The number of ether oxygens (including phenoxy) is 2. The zero-order valence-electron chi connectivity index (χ0n) is 11.8. The molecule has 5 heteroatoms. The van der Waals surface area contributed by atoms with Gasteiger partial charge in [-0.3, -0.25) is 0 Å². The molecule has 0 amide bonds. The van der Waals surface area contributed by atoms with Crippen molar-refractivity contribution in [1.29, 1.82) is 0 Å². The van der Waals surface area contributed by atoms with Crippen molar-refractivity contribution in [2.45, 2.75) is 12.8 Å². The van der Waals surface area contributed by atoms with Gasteiger partial charge < -0.3 is 20.1 Å². The Balaban J connectivity index is 2.25. The van der Waals surface area contributed by atoms with Crippen molar-refractivity contribution in [2.24, 2.45) is 0 Å². The minimum absolute atomic E-state index is 0.582. The first kappa shape index (κ1) is 12.8. The Morgan fingerprint density at radius 2 is 1.90 bits per heavy atom. The number of nitrogen functional groups attached to an aromatic ring is 1. The van der Waals surface area contributed by atoms with Crippen molar-refractivity contribution in [3.63, 3.8) is 0 Å². The third kappa shape index (κ3) is 1.90. The van der Waals surface area contributed by atoms with Crippen LogP contribution in [0, 0.1) is 0 Å². The molecular weight excluding hydrogens is 254 g/mol. The van der Waals surface area contributed by atoms with Crippen LogP contribution in [-0.2, 0) is 0 Å². The summed E-state index contributed by atoms with van der Waals surface area (Å²) in [6.07, 6.45) is 4.22. The lowest BCUT2D eigenvalue weighted by Crippen LogP contribution is -2.19. The van der Waals surface area contributed by atoms with E-state index in [1.54, 1.807) is 20.4 Å². The van der Waals surface area contributed by atoms with Gasteiger partial charge in [-0.15, -0.1) is 0 Å². The summed E-state index contributed by atoms with van der Waals surface area (Å²) in [7, 11) is 3.22. The largest absolute Gasteiger partial charge is 0.493 e. The molecule has 2 N–H and O–H groups in total. The van der Waals surface area contributed by atoms with Crippen LogP contribution < -0.4 is 20.1 Å². The highest BCUT2D eigenvalue weighted by Crippen LogP contribution is 2.42. The minimum Gasteiger partial charge on any atom is -0.493 e. The van der Waals surface area contributed by atoms with Gasteiger partial charge in [0.2, 0.25) is 0 Å². The Kier molecular flexibility index (Phi) is 3.26. The molecule has 20 heavy (non-hydrogen) atoms. The number of nitrogens with two attached hydrogens (primary N) is 1. The highest BCUT2D eigenvalue weighted by molar-refractivity contribution is 6.03. The second kappa shape index (κ2) is 5.07. The number of methoxy groups -OCH3 is 2. The molecule has 0 aliphatic carbocycles. The number of rotatable bonds is 3. The zero-order chi connectivity index (χ0) is 14.1. The highest BCUT2D eigenvalue weighted by atomic mass is 16.5. The lowest BCUT2D eigenvalue weighted by molar-refractivity contribution is 0.357. The maximum absolute atomic E-state index is 6.22. The first-order chi connectivity index (χ1) is 9.76. The second-order valence-electron chi connectivity index (χ2n) is 4.95. The fourth-order valence-corrected chi connectivity index (χ4v) is 2.83. The number of aromatic nitrogens is 1. The predicted molar refractivity (Wildman–Crippen MR) is 80.7 cm³/mol. The normalized spacial score (nSPS) is 14.8. The Morgan fingerprint density at radius 3 is 2.55 bits per heavy atom. The van der Waals surface area contributed by atoms with Crippen LogP contribution in [0.5, 0.6) is 11.5 Å². The van der Waals surface area contributed by atoms with Crippen molar-refractivity contribution < 1.29 is 9.47 Å². The molecule has 0 spiro atoms. The molecule has 2 aromatic rings. The number of nitrogens with zero attached hydrogens (tertiary/aromatic N) is 2. The summed E-state index contributed by atoms with van der Waals surface area (Å²) in [6.45, 7) is 2.08. The van der Waals surface area contributed by atoms with Gasteiger partial charge in [-0.1, -0.05) is 0 Å². The first-order valence-electron chi connectivity index (χ1n) is 6.80. The summed E-state index contributed by atoms with van der Waals surface area (Å²) >= 11 is 0. The summed E-state index contributed by atoms with van der Waals surface area (Å²) in [5.41, 5.74) is 6.82. The van der Waals surface area contributed by atoms with Crippen molar-refractivity contribution in [1.82, 2.24) is 4.98 Å². The fraction of sp³-hybridized carbons (Fsp3) is 0.400. The van der Waals surface area contributed by atoms with Gasteiger partial charge in [0.05, 0.1) is 19.9 Å². The van der Waals surface area contributed by atoms with Crippen LogP contribution in [-0.4, -0.2) is 32.3 Å². The van der Waals surface area contributed by atoms with E-state index in [1.165, 1.54) is 12.8 Å². The molecule has 0 saturated carbocycles. The van der Waals surface area contributed by atoms with E-state index in [9.17, 15) is 0 Å². The highest BCUT2D eigenvalue weighted by Gasteiger charge is 2.20. The molecule has 106 valence electrons. The van der Waals surface area contributed by atoms with Crippen molar-refractivity contribution in [3.05, 3.63) is 18.3 Å². The van der Waals surface area contributed by atoms with Crippen LogP contribution in [0.1, 0.15) is 12.8 Å². The summed E-state index contributed by atoms with van der Waals surface area (Å²) in [4.78, 5) is 6.83. The van der Waals surface area contributed by atoms with E-state index in [2.05, 4.69) is 9.88 Å². The van der Waals surface area contributed by atoms with Crippen molar-refractivity contribution >= 4 is 22.3 Å². The molecule has 1 aliphatic rings. The number of benzene rings is 1. The third-order valence-corrected chi connectivity index (χ3v) is 3.83. The van der Waals surface area contributed by atoms with E-state index in [4.69, 9.17) is 15.2 Å². The first-order valence-corrected chi connectivity index (χ1v) is 6.80. The monoisotopic (exact) mass is 273 g/mol. The van der Waals surface area contributed by atoms with Crippen LogP contribution >= 0.6 is 0 Å². The molecule has 1 aromatic carbocycles. The molecule has 1 fully saturated rings. The quantitative estimate of drug-likeness (QED) is 0.870. The Bertz CT molecular complexity index is 637. The second-order valence-corrected chi connectivity index (χ2v) is 4.95. The lowest BCUT2D eigenvalue weighted by atomic mass is 10.1. The number of pyridine rings is 1. The number of hydrogen-bond acceptors (Lipinski definition) is 5. The van der Waals surface area contributed by atoms with E-state index in [0.29, 0.717) is 17.2 Å². The summed E-state index contributed by atoms with van der Waals surface area (Å²) < 4.78 is 10.7. The van der Waals surface area contributed by atoms with Gasteiger partial charge in [0.1, 0.15) is 5.82 Å². The Hall–Kier alpha value is -2.17. The maximum atomic E-state index is 6.22. The van der Waals surface area contributed by atoms with Gasteiger partial charge in [0.25, 0.3) is 0 Å². The molecule has 1 aromatic heterocycles. The van der Waals surface area contributed by atoms with Gasteiger partial charge in [-0.2, -0.15) is 0 Å². The number of anilines is 2. The van der Waals surface area contributed by atoms with Gasteiger partial charge in [-0.05, 0) is 25.0 Å². The van der Waals surface area contributed by atoms with Crippen LogP contribution in [0.2, 0.25) is 0 Å². The molecule has 0 atom stereocenters. The Labute approximate surface area is 118 Å². The number of fused-ring (bicyclic) bond motifs is 1. The molecule has 2 heterocycles. The van der Waals surface area contributed by atoms with Crippen molar-refractivity contribution in [3.8, 4) is 11.5 Å². The lowest BCUT2D eigenvalue weighted by Gasteiger charge is -2.20. The molecule has 3 rings (SSSR count). The average Bonchev–Trinajstić information content (AvgIpc) is 3.00. The summed E-state index contributed by atoms with van der Waals surface area (Å²) in [6, 6.07) is 3.89. The van der Waals surface area contributed by atoms with Gasteiger partial charge >= 0.3 is 0 Å². The predicted octanol–water partition coefficient (Wildman–Crippen LogP) is 2.43. The maximum Gasteiger partial charge on any atom is 0.184 e. The molecule has 0 unspecified atom stereocenters. The molecule has 1 saturated heterocycles. The van der Waals surface area contributed by atoms with E-state index in [-0.39, 0.29) is 0 Å². The molecule has 1 aliphatic heterocycles. The van der Waals surface area contributed by atoms with Crippen LogP contribution in [0.4, 0.5) is 11.5 Å². The number of hydrogen-bond donors (Lipinski definition) is 1. The zero-order valence-corrected chi connectivity index (χ0v) is 11.8. The van der Waals surface area contributed by atoms with Crippen LogP contribution in [0.3, 0.4) is 0 Å². The molecule has 5 nitrogen and oxygen atoms in total. The van der Waals surface area contributed by atoms with Gasteiger partial charge in [0.15, 0.2) is 11.5 Å². The van der Waals surface area contributed by atoms with E-state index in [0.717, 1.165) is 29.7 Å². The smallest absolute Gasteiger partial charge is 0.184 e. The molecular formula is C15H19N3O2. The van der Waals surface area contributed by atoms with Crippen LogP contribution in [0.25, 0.3) is 10.8 Å². The van der Waals surface area contributed by atoms with Crippen LogP contribution in [0.15, 0.2) is 18.3 Å². The van der Waals surface area contributed by atoms with E-state index < -0.39 is 0 Å². The standard InChI is InChI=1S/C15H19N3O2/c1-19-12-9-11-10(13(16)14(12)20-2)5-6-17-15(11)18-7-3-4-8-18/h5-6,9H,3-4,7-8,16H2,1-2H3. The Morgan fingerprint density at radius 1 is 1.15 bits per heavy atom. The van der Waals surface area contributed by atoms with Gasteiger partial charge in [-0.25, -0.2) is 4.98 Å². The fourth-order valence-electron chi connectivity index (χ4n) is 2.83. The van der Waals surface area contributed by atoms with E-state index >= 15 is 0 Å². The van der Waals surface area contributed by atoms with Crippen molar-refractivity contribution in [2.75, 3.05) is 37.9 Å². The minimum atomic E-state index is 0.582. The molecule has 0 bridgehead atoms. The third-order valence-electron chi connectivity index (χ3n) is 3.83. The molecule has 0 radical (unpaired) electrons. The summed E-state index contributed by atoms with van der Waals surface area (Å²) in [5.74, 6) is 2.21. The topological polar surface area (TPSA) is 60.6 Å². The summed E-state index contributed by atoms with van der Waals surface area (Å²) in [5, 5.41) is 1.98.